The summed E-state index contributed by atoms with van der Waals surface area (Å²) in [5, 5.41) is 18.9. The maximum atomic E-state index is 12.2. The summed E-state index contributed by atoms with van der Waals surface area (Å²) in [6.45, 7) is 3.35. The van der Waals surface area contributed by atoms with E-state index in [-0.39, 0.29) is 12.6 Å². The number of para-hydroxylation sites is 1. The molecule has 7 heteroatoms. The topological polar surface area (TPSA) is 92.1 Å². The summed E-state index contributed by atoms with van der Waals surface area (Å²) >= 11 is 0. The van der Waals surface area contributed by atoms with Crippen LogP contribution in [0, 0.1) is 5.92 Å². The molecule has 2 amide bonds. The van der Waals surface area contributed by atoms with E-state index in [4.69, 9.17) is 5.11 Å². The fourth-order valence-corrected chi connectivity index (χ4v) is 2.61. The zero-order valence-electron chi connectivity index (χ0n) is 14.0. The molecule has 1 aromatic carbocycles. The van der Waals surface area contributed by atoms with Gasteiger partial charge in [-0.2, -0.15) is 5.10 Å². The number of nitrogens with zero attached hydrogens (tertiary/aromatic N) is 3. The van der Waals surface area contributed by atoms with E-state index in [2.05, 4.69) is 27.6 Å². The second kappa shape index (κ2) is 9.67. The normalized spacial score (nSPS) is 11.9. The minimum atomic E-state index is -0.236. The monoisotopic (exact) mass is 331 g/mol. The van der Waals surface area contributed by atoms with Crippen LogP contribution in [0.5, 0.6) is 0 Å². The van der Waals surface area contributed by atoms with Crippen molar-refractivity contribution in [1.82, 2.24) is 20.1 Å². The van der Waals surface area contributed by atoms with Crippen molar-refractivity contribution in [3.8, 4) is 0 Å². The minimum absolute atomic E-state index is 0.148. The SMILES string of the molecule is CCCC(CCO)CNC(=O)Nc1ccccc1Cn1cncn1. The van der Waals surface area contributed by atoms with Crippen LogP contribution in [0.25, 0.3) is 0 Å². The zero-order chi connectivity index (χ0) is 17.2. The van der Waals surface area contributed by atoms with E-state index in [0.717, 1.165) is 24.1 Å². The van der Waals surface area contributed by atoms with Gasteiger partial charge in [-0.05, 0) is 30.4 Å². The Morgan fingerprint density at radius 2 is 2.17 bits per heavy atom. The first kappa shape index (κ1) is 17.9. The Morgan fingerprint density at radius 3 is 2.88 bits per heavy atom. The van der Waals surface area contributed by atoms with Crippen LogP contribution in [-0.4, -0.2) is 39.1 Å². The average Bonchev–Trinajstić information content (AvgIpc) is 3.08. The van der Waals surface area contributed by atoms with Crippen molar-refractivity contribution in [2.24, 2.45) is 5.92 Å². The highest BCUT2D eigenvalue weighted by Crippen LogP contribution is 2.16. The third kappa shape index (κ3) is 5.66. The van der Waals surface area contributed by atoms with Crippen molar-refractivity contribution < 1.29 is 9.90 Å². The summed E-state index contributed by atoms with van der Waals surface area (Å²) in [6.07, 6.45) is 5.86. The standard InChI is InChI=1S/C17H25N5O2/c1-2-5-14(8-9-23)10-19-17(24)21-16-7-4-3-6-15(16)11-22-13-18-12-20-22/h3-4,6-7,12-14,23H,2,5,8-11H2,1H3,(H2,19,21,24). The number of carbonyl (C=O) groups is 1. The number of urea groups is 1. The van der Waals surface area contributed by atoms with Gasteiger partial charge >= 0.3 is 6.03 Å². The van der Waals surface area contributed by atoms with E-state index in [9.17, 15) is 4.79 Å². The van der Waals surface area contributed by atoms with Gasteiger partial charge in [-0.1, -0.05) is 31.5 Å². The highest BCUT2D eigenvalue weighted by molar-refractivity contribution is 5.90. The first-order valence-corrected chi connectivity index (χ1v) is 8.29. The largest absolute Gasteiger partial charge is 0.396 e. The van der Waals surface area contributed by atoms with Gasteiger partial charge in [0.2, 0.25) is 0 Å². The Morgan fingerprint density at radius 1 is 1.33 bits per heavy atom. The lowest BCUT2D eigenvalue weighted by molar-refractivity contribution is 0.236. The quantitative estimate of drug-likeness (QED) is 0.657. The third-order valence-corrected chi connectivity index (χ3v) is 3.85. The van der Waals surface area contributed by atoms with Gasteiger partial charge in [0.25, 0.3) is 0 Å². The molecule has 0 saturated heterocycles. The van der Waals surface area contributed by atoms with Gasteiger partial charge in [0.05, 0.1) is 6.54 Å². The number of carbonyl (C=O) groups excluding carboxylic acids is 1. The van der Waals surface area contributed by atoms with Crippen LogP contribution >= 0.6 is 0 Å². The predicted octanol–water partition coefficient (Wildman–Crippen LogP) is 2.25. The van der Waals surface area contributed by atoms with Crippen molar-refractivity contribution in [3.63, 3.8) is 0 Å². The van der Waals surface area contributed by atoms with Crippen LogP contribution < -0.4 is 10.6 Å². The lowest BCUT2D eigenvalue weighted by Crippen LogP contribution is -2.33. The summed E-state index contributed by atoms with van der Waals surface area (Å²) in [4.78, 5) is 16.1. The van der Waals surface area contributed by atoms with Crippen LogP contribution in [0.2, 0.25) is 0 Å². The van der Waals surface area contributed by atoms with E-state index in [1.54, 1.807) is 11.0 Å². The van der Waals surface area contributed by atoms with E-state index in [1.165, 1.54) is 6.33 Å². The molecule has 0 aliphatic heterocycles. The summed E-state index contributed by atoms with van der Waals surface area (Å²) in [5.74, 6) is 0.302. The molecule has 0 aliphatic carbocycles. The summed E-state index contributed by atoms with van der Waals surface area (Å²) in [5.41, 5.74) is 1.71. The van der Waals surface area contributed by atoms with Crippen molar-refractivity contribution in [2.75, 3.05) is 18.5 Å². The first-order chi connectivity index (χ1) is 11.7. The van der Waals surface area contributed by atoms with Crippen molar-refractivity contribution in [3.05, 3.63) is 42.5 Å². The molecule has 1 aromatic heterocycles. The van der Waals surface area contributed by atoms with E-state index < -0.39 is 0 Å². The molecule has 0 bridgehead atoms. The van der Waals surface area contributed by atoms with Gasteiger partial charge in [-0.15, -0.1) is 0 Å². The number of aromatic nitrogens is 3. The van der Waals surface area contributed by atoms with Crippen LogP contribution in [0.4, 0.5) is 10.5 Å². The van der Waals surface area contributed by atoms with Crippen molar-refractivity contribution in [2.45, 2.75) is 32.7 Å². The number of anilines is 1. The number of hydrogen-bond donors (Lipinski definition) is 3. The van der Waals surface area contributed by atoms with Gasteiger partial charge < -0.3 is 15.7 Å². The Labute approximate surface area is 142 Å². The molecule has 2 aromatic rings. The number of nitrogens with one attached hydrogen (secondary N) is 2. The second-order valence-electron chi connectivity index (χ2n) is 5.75. The van der Waals surface area contributed by atoms with Crippen LogP contribution in [0.15, 0.2) is 36.9 Å². The maximum absolute atomic E-state index is 12.2. The number of aliphatic hydroxyl groups is 1. The molecule has 3 N–H and O–H groups in total. The average molecular weight is 331 g/mol. The molecule has 7 nitrogen and oxygen atoms in total. The number of aliphatic hydroxyl groups excluding tert-OH is 1. The molecule has 0 saturated carbocycles. The number of rotatable bonds is 9. The predicted molar refractivity (Wildman–Crippen MR) is 92.7 cm³/mol. The minimum Gasteiger partial charge on any atom is -0.396 e. The van der Waals surface area contributed by atoms with Crippen LogP contribution in [-0.2, 0) is 6.54 Å². The molecule has 0 radical (unpaired) electrons. The van der Waals surface area contributed by atoms with Gasteiger partial charge in [-0.3, -0.25) is 0 Å². The molecule has 1 unspecified atom stereocenters. The van der Waals surface area contributed by atoms with E-state index in [1.807, 2.05) is 24.3 Å². The van der Waals surface area contributed by atoms with Crippen molar-refractivity contribution >= 4 is 11.7 Å². The summed E-state index contributed by atoms with van der Waals surface area (Å²) in [7, 11) is 0. The number of hydrogen-bond acceptors (Lipinski definition) is 4. The smallest absolute Gasteiger partial charge is 0.319 e. The molecular weight excluding hydrogens is 306 g/mol. The Balaban J connectivity index is 1.91. The first-order valence-electron chi connectivity index (χ1n) is 8.29. The summed E-state index contributed by atoms with van der Waals surface area (Å²) in [6, 6.07) is 7.38. The van der Waals surface area contributed by atoms with Crippen molar-refractivity contribution in [1.29, 1.82) is 0 Å². The molecule has 2 rings (SSSR count). The molecular formula is C17H25N5O2. The second-order valence-corrected chi connectivity index (χ2v) is 5.75. The van der Waals surface area contributed by atoms with Crippen LogP contribution in [0.3, 0.4) is 0 Å². The molecule has 1 atom stereocenters. The summed E-state index contributed by atoms with van der Waals surface area (Å²) < 4.78 is 1.71. The maximum Gasteiger partial charge on any atom is 0.319 e. The molecule has 0 spiro atoms. The van der Waals surface area contributed by atoms with Gasteiger partial charge in [0.1, 0.15) is 12.7 Å². The fourth-order valence-electron chi connectivity index (χ4n) is 2.61. The third-order valence-electron chi connectivity index (χ3n) is 3.85. The van der Waals surface area contributed by atoms with E-state index in [0.29, 0.717) is 25.4 Å². The molecule has 1 heterocycles. The fraction of sp³-hybridized carbons (Fsp3) is 0.471. The lowest BCUT2D eigenvalue weighted by Gasteiger charge is -2.17. The Bertz CT molecular complexity index is 609. The number of amides is 2. The molecule has 24 heavy (non-hydrogen) atoms. The highest BCUT2D eigenvalue weighted by Gasteiger charge is 2.11. The van der Waals surface area contributed by atoms with Gasteiger partial charge in [-0.25, -0.2) is 14.5 Å². The highest BCUT2D eigenvalue weighted by atomic mass is 16.3. The zero-order valence-corrected chi connectivity index (χ0v) is 14.0. The molecule has 0 aliphatic rings. The van der Waals surface area contributed by atoms with Crippen LogP contribution in [0.1, 0.15) is 31.7 Å². The Hall–Kier alpha value is -2.41. The van der Waals surface area contributed by atoms with Gasteiger partial charge in [0.15, 0.2) is 0 Å². The van der Waals surface area contributed by atoms with E-state index >= 15 is 0 Å². The molecule has 0 fully saturated rings. The Kier molecular flexibility index (Phi) is 7.22. The number of benzene rings is 1. The lowest BCUT2D eigenvalue weighted by atomic mass is 10.0. The van der Waals surface area contributed by atoms with Gasteiger partial charge in [0, 0.05) is 18.8 Å². The molecule has 130 valence electrons.